The van der Waals surface area contributed by atoms with Gasteiger partial charge in [-0.15, -0.1) is 0 Å². The minimum Gasteiger partial charge on any atom is -0.383 e. The summed E-state index contributed by atoms with van der Waals surface area (Å²) in [5.74, 6) is 5.27. The maximum Gasteiger partial charge on any atom is 0.131 e. The number of ether oxygens (including phenoxy) is 1. The monoisotopic (exact) mass is 234 g/mol. The predicted octanol–water partition coefficient (Wildman–Crippen LogP) is 2.13. The molecular weight excluding hydrogens is 219 g/mol. The number of halogens is 1. The quantitative estimate of drug-likeness (QED) is 0.629. The highest BCUT2D eigenvalue weighted by Crippen LogP contribution is 2.26. The number of rotatable bonds is 4. The smallest absolute Gasteiger partial charge is 0.131 e. The summed E-state index contributed by atoms with van der Waals surface area (Å²) in [4.78, 5) is 0. The number of hydrogen-bond acceptors (Lipinski definition) is 3. The molecule has 0 aromatic heterocycles. The maximum atomic E-state index is 13.6. The molecule has 0 saturated heterocycles. The SMILES string of the molecule is COCC(NN)c1ccc(F)c2ccccc12. The molecule has 0 bridgehead atoms. The van der Waals surface area contributed by atoms with Crippen molar-refractivity contribution in [2.75, 3.05) is 13.7 Å². The second kappa shape index (κ2) is 5.23. The van der Waals surface area contributed by atoms with Crippen molar-refractivity contribution in [2.45, 2.75) is 6.04 Å². The number of fused-ring (bicyclic) bond motifs is 1. The molecule has 2 aromatic rings. The second-order valence-corrected chi connectivity index (χ2v) is 3.86. The highest BCUT2D eigenvalue weighted by Gasteiger charge is 2.14. The Morgan fingerprint density at radius 1 is 1.24 bits per heavy atom. The van der Waals surface area contributed by atoms with Crippen molar-refractivity contribution in [1.82, 2.24) is 5.43 Å². The van der Waals surface area contributed by atoms with Crippen molar-refractivity contribution >= 4 is 10.8 Å². The van der Waals surface area contributed by atoms with Gasteiger partial charge in [0.25, 0.3) is 0 Å². The summed E-state index contributed by atoms with van der Waals surface area (Å²) >= 11 is 0. The van der Waals surface area contributed by atoms with Gasteiger partial charge in [-0.2, -0.15) is 0 Å². The molecular formula is C13H15FN2O. The zero-order valence-corrected chi connectivity index (χ0v) is 9.61. The van der Waals surface area contributed by atoms with Crippen molar-refractivity contribution in [3.8, 4) is 0 Å². The summed E-state index contributed by atoms with van der Waals surface area (Å²) in [6.07, 6.45) is 0. The number of nitrogens with two attached hydrogens (primary N) is 1. The molecule has 2 aromatic carbocycles. The zero-order chi connectivity index (χ0) is 12.3. The first kappa shape index (κ1) is 12.0. The Bertz CT molecular complexity index is 516. The third-order valence-corrected chi connectivity index (χ3v) is 2.81. The molecule has 2 rings (SSSR count). The van der Waals surface area contributed by atoms with Gasteiger partial charge in [0.15, 0.2) is 0 Å². The van der Waals surface area contributed by atoms with Gasteiger partial charge in [0.05, 0.1) is 12.6 Å². The Morgan fingerprint density at radius 2 is 1.94 bits per heavy atom. The minimum atomic E-state index is -0.225. The summed E-state index contributed by atoms with van der Waals surface area (Å²) in [5, 5.41) is 1.45. The van der Waals surface area contributed by atoms with Gasteiger partial charge in [0.1, 0.15) is 5.82 Å². The topological polar surface area (TPSA) is 47.3 Å². The second-order valence-electron chi connectivity index (χ2n) is 3.86. The Hall–Kier alpha value is -1.49. The van der Waals surface area contributed by atoms with Crippen LogP contribution in [-0.2, 0) is 4.74 Å². The lowest BCUT2D eigenvalue weighted by Crippen LogP contribution is -2.31. The van der Waals surface area contributed by atoms with Gasteiger partial charge in [-0.1, -0.05) is 30.3 Å². The van der Waals surface area contributed by atoms with Gasteiger partial charge < -0.3 is 4.74 Å². The van der Waals surface area contributed by atoms with E-state index in [0.717, 1.165) is 10.9 Å². The van der Waals surface area contributed by atoms with Crippen molar-refractivity contribution in [3.05, 3.63) is 47.8 Å². The van der Waals surface area contributed by atoms with Crippen LogP contribution < -0.4 is 11.3 Å². The van der Waals surface area contributed by atoms with Crippen LogP contribution in [0.4, 0.5) is 4.39 Å². The van der Waals surface area contributed by atoms with E-state index in [4.69, 9.17) is 10.6 Å². The number of hydrazine groups is 1. The number of hydrogen-bond donors (Lipinski definition) is 2. The summed E-state index contributed by atoms with van der Waals surface area (Å²) in [5.41, 5.74) is 3.62. The molecule has 4 heteroatoms. The predicted molar refractivity (Wildman–Crippen MR) is 65.8 cm³/mol. The van der Waals surface area contributed by atoms with E-state index in [2.05, 4.69) is 5.43 Å². The number of benzene rings is 2. The number of methoxy groups -OCH3 is 1. The Morgan fingerprint density at radius 3 is 2.59 bits per heavy atom. The number of nitrogens with one attached hydrogen (secondary N) is 1. The summed E-state index contributed by atoms with van der Waals surface area (Å²) in [6, 6.07) is 10.4. The zero-order valence-electron chi connectivity index (χ0n) is 9.61. The van der Waals surface area contributed by atoms with Gasteiger partial charge in [-0.3, -0.25) is 11.3 Å². The normalized spacial score (nSPS) is 12.9. The van der Waals surface area contributed by atoms with E-state index in [1.165, 1.54) is 6.07 Å². The molecule has 0 fully saturated rings. The average Bonchev–Trinajstić information content (AvgIpc) is 2.37. The van der Waals surface area contributed by atoms with E-state index in [1.54, 1.807) is 19.2 Å². The standard InChI is InChI=1S/C13H15FN2O/c1-17-8-13(16-15)11-6-7-12(14)10-5-3-2-4-9(10)11/h2-7,13,16H,8,15H2,1H3. The molecule has 0 amide bonds. The van der Waals surface area contributed by atoms with Crippen LogP contribution in [0, 0.1) is 5.82 Å². The van der Waals surface area contributed by atoms with Crippen molar-refractivity contribution < 1.29 is 9.13 Å². The van der Waals surface area contributed by atoms with E-state index in [9.17, 15) is 4.39 Å². The van der Waals surface area contributed by atoms with Crippen molar-refractivity contribution in [2.24, 2.45) is 5.84 Å². The lowest BCUT2D eigenvalue weighted by molar-refractivity contribution is 0.168. The van der Waals surface area contributed by atoms with Gasteiger partial charge in [-0.05, 0) is 17.0 Å². The molecule has 3 N–H and O–H groups in total. The highest BCUT2D eigenvalue weighted by atomic mass is 19.1. The third kappa shape index (κ3) is 2.29. The van der Waals surface area contributed by atoms with E-state index in [1.807, 2.05) is 18.2 Å². The van der Waals surface area contributed by atoms with Gasteiger partial charge in [0.2, 0.25) is 0 Å². The fourth-order valence-electron chi connectivity index (χ4n) is 1.98. The summed E-state index contributed by atoms with van der Waals surface area (Å²) in [6.45, 7) is 0.437. The molecule has 0 spiro atoms. The Kier molecular flexibility index (Phi) is 3.68. The third-order valence-electron chi connectivity index (χ3n) is 2.81. The van der Waals surface area contributed by atoms with E-state index >= 15 is 0 Å². The molecule has 1 unspecified atom stereocenters. The van der Waals surface area contributed by atoms with Crippen molar-refractivity contribution in [1.29, 1.82) is 0 Å². The first-order chi connectivity index (χ1) is 8.27. The largest absolute Gasteiger partial charge is 0.383 e. The van der Waals surface area contributed by atoms with Crippen LogP contribution in [0.2, 0.25) is 0 Å². The molecule has 0 aliphatic rings. The molecule has 1 atom stereocenters. The lowest BCUT2D eigenvalue weighted by atomic mass is 9.99. The fourth-order valence-corrected chi connectivity index (χ4v) is 1.98. The van der Waals surface area contributed by atoms with Crippen LogP contribution in [0.15, 0.2) is 36.4 Å². The van der Waals surface area contributed by atoms with Crippen LogP contribution in [0.1, 0.15) is 11.6 Å². The molecule has 0 aliphatic carbocycles. The van der Waals surface area contributed by atoms with E-state index < -0.39 is 0 Å². The molecule has 0 radical (unpaired) electrons. The summed E-state index contributed by atoms with van der Waals surface area (Å²) in [7, 11) is 1.61. The highest BCUT2D eigenvalue weighted by molar-refractivity contribution is 5.86. The fraction of sp³-hybridized carbons (Fsp3) is 0.231. The van der Waals surface area contributed by atoms with Crippen LogP contribution >= 0.6 is 0 Å². The molecule has 0 aliphatic heterocycles. The molecule has 0 saturated carbocycles. The molecule has 17 heavy (non-hydrogen) atoms. The van der Waals surface area contributed by atoms with Gasteiger partial charge in [0, 0.05) is 12.5 Å². The first-order valence-corrected chi connectivity index (χ1v) is 5.40. The molecule has 0 heterocycles. The Balaban J connectivity index is 2.57. The Labute approximate surface area is 99.3 Å². The molecule has 90 valence electrons. The van der Waals surface area contributed by atoms with Gasteiger partial charge in [-0.25, -0.2) is 4.39 Å². The average molecular weight is 234 g/mol. The van der Waals surface area contributed by atoms with Crippen LogP contribution in [0.5, 0.6) is 0 Å². The van der Waals surface area contributed by atoms with Crippen LogP contribution in [-0.4, -0.2) is 13.7 Å². The molecule has 3 nitrogen and oxygen atoms in total. The van der Waals surface area contributed by atoms with E-state index in [-0.39, 0.29) is 11.9 Å². The van der Waals surface area contributed by atoms with Crippen molar-refractivity contribution in [3.63, 3.8) is 0 Å². The minimum absolute atomic E-state index is 0.148. The first-order valence-electron chi connectivity index (χ1n) is 5.40. The van der Waals surface area contributed by atoms with Crippen LogP contribution in [0.3, 0.4) is 0 Å². The van der Waals surface area contributed by atoms with E-state index in [0.29, 0.717) is 12.0 Å². The summed E-state index contributed by atoms with van der Waals surface area (Å²) < 4.78 is 18.7. The maximum absolute atomic E-state index is 13.6. The lowest BCUT2D eigenvalue weighted by Gasteiger charge is -2.17. The van der Waals surface area contributed by atoms with Crippen LogP contribution in [0.25, 0.3) is 10.8 Å². The van der Waals surface area contributed by atoms with Gasteiger partial charge >= 0.3 is 0 Å².